The molecular formula is C38H42O9. The van der Waals surface area contributed by atoms with E-state index in [1.165, 1.54) is 13.8 Å². The first-order valence-electron chi connectivity index (χ1n) is 16.0. The molecule has 2 fully saturated rings. The van der Waals surface area contributed by atoms with Gasteiger partial charge >= 0.3 is 23.9 Å². The van der Waals surface area contributed by atoms with Gasteiger partial charge < -0.3 is 18.9 Å². The summed E-state index contributed by atoms with van der Waals surface area (Å²) in [4.78, 5) is 67.3. The molecule has 0 saturated heterocycles. The fourth-order valence-electron chi connectivity index (χ4n) is 7.64. The Morgan fingerprint density at radius 1 is 0.830 bits per heavy atom. The summed E-state index contributed by atoms with van der Waals surface area (Å²) in [5.74, 6) is -4.93. The molecule has 248 valence electrons. The van der Waals surface area contributed by atoms with E-state index < -0.39 is 65.4 Å². The van der Waals surface area contributed by atoms with Crippen LogP contribution < -0.4 is 0 Å². The molecular weight excluding hydrogens is 600 g/mol. The number of carbonyl (C=O) groups excluding carboxylic acids is 5. The number of fused-ring (bicyclic) bond motifs is 2. The van der Waals surface area contributed by atoms with Crippen molar-refractivity contribution in [3.8, 4) is 0 Å². The summed E-state index contributed by atoms with van der Waals surface area (Å²) in [6.07, 6.45) is -1.13. The Hall–Kier alpha value is -4.53. The molecule has 2 saturated carbocycles. The Bertz CT molecular complexity index is 1610. The van der Waals surface area contributed by atoms with Crippen LogP contribution in [0.1, 0.15) is 75.1 Å². The minimum Gasteiger partial charge on any atom is -0.458 e. The maximum absolute atomic E-state index is 14.7. The Balaban J connectivity index is 1.68. The number of esters is 4. The lowest BCUT2D eigenvalue weighted by Gasteiger charge is -2.40. The summed E-state index contributed by atoms with van der Waals surface area (Å²) in [6.45, 7) is 14.4. The molecule has 0 aliphatic heterocycles. The molecule has 2 aromatic rings. The minimum absolute atomic E-state index is 0.00893. The van der Waals surface area contributed by atoms with Crippen molar-refractivity contribution in [1.29, 1.82) is 0 Å². The zero-order valence-corrected chi connectivity index (χ0v) is 27.7. The third-order valence-corrected chi connectivity index (χ3v) is 10.1. The van der Waals surface area contributed by atoms with E-state index >= 15 is 0 Å². The Kier molecular flexibility index (Phi) is 9.31. The summed E-state index contributed by atoms with van der Waals surface area (Å²) in [6, 6.07) is 16.9. The van der Waals surface area contributed by atoms with Crippen LogP contribution in [-0.2, 0) is 33.3 Å². The number of ketones is 1. The molecule has 9 nitrogen and oxygen atoms in total. The predicted octanol–water partition coefficient (Wildman–Crippen LogP) is 6.07. The highest BCUT2D eigenvalue weighted by Crippen LogP contribution is 2.63. The van der Waals surface area contributed by atoms with Crippen LogP contribution in [0.15, 0.2) is 84.5 Å². The number of carbonyl (C=O) groups is 5. The van der Waals surface area contributed by atoms with E-state index in [1.807, 2.05) is 6.08 Å². The highest BCUT2D eigenvalue weighted by molar-refractivity contribution is 6.03. The van der Waals surface area contributed by atoms with Gasteiger partial charge in [0.05, 0.1) is 17.0 Å². The summed E-state index contributed by atoms with van der Waals surface area (Å²) < 4.78 is 24.3. The summed E-state index contributed by atoms with van der Waals surface area (Å²) in [7, 11) is 0. The second-order valence-corrected chi connectivity index (χ2v) is 13.7. The maximum Gasteiger partial charge on any atom is 0.338 e. The Morgan fingerprint density at radius 2 is 1.38 bits per heavy atom. The van der Waals surface area contributed by atoms with E-state index in [1.54, 1.807) is 74.5 Å². The van der Waals surface area contributed by atoms with Gasteiger partial charge in [-0.1, -0.05) is 69.8 Å². The van der Waals surface area contributed by atoms with Crippen molar-refractivity contribution < 1.29 is 42.9 Å². The van der Waals surface area contributed by atoms with Crippen molar-refractivity contribution in [3.63, 3.8) is 0 Å². The van der Waals surface area contributed by atoms with Gasteiger partial charge in [-0.15, -0.1) is 0 Å². The van der Waals surface area contributed by atoms with Crippen LogP contribution in [0, 0.1) is 29.1 Å². The molecule has 0 N–H and O–H groups in total. The average Bonchev–Trinajstić information content (AvgIpc) is 3.41. The van der Waals surface area contributed by atoms with Crippen molar-refractivity contribution in [2.75, 3.05) is 0 Å². The molecule has 9 heteroatoms. The van der Waals surface area contributed by atoms with Crippen molar-refractivity contribution >= 4 is 29.7 Å². The molecule has 0 amide bonds. The largest absolute Gasteiger partial charge is 0.458 e. The molecule has 5 rings (SSSR count). The van der Waals surface area contributed by atoms with Gasteiger partial charge in [-0.2, -0.15) is 0 Å². The average molecular weight is 643 g/mol. The van der Waals surface area contributed by atoms with E-state index in [2.05, 4.69) is 20.4 Å². The van der Waals surface area contributed by atoms with Crippen LogP contribution in [0.4, 0.5) is 0 Å². The molecule has 0 spiro atoms. The van der Waals surface area contributed by atoms with Gasteiger partial charge in [-0.05, 0) is 66.4 Å². The van der Waals surface area contributed by atoms with Crippen molar-refractivity contribution in [1.82, 2.24) is 0 Å². The summed E-state index contributed by atoms with van der Waals surface area (Å²) in [5.41, 5.74) is -0.942. The number of Topliss-reactive ketones (excluding diaryl/α,β-unsaturated/α-hetero) is 1. The molecule has 0 radical (unpaired) electrons. The summed E-state index contributed by atoms with van der Waals surface area (Å²) >= 11 is 0. The molecule has 3 aliphatic carbocycles. The van der Waals surface area contributed by atoms with E-state index in [-0.39, 0.29) is 34.8 Å². The van der Waals surface area contributed by atoms with Crippen LogP contribution in [0.3, 0.4) is 0 Å². The fraction of sp³-hybridized carbons (Fsp3) is 0.447. The Labute approximate surface area is 275 Å². The molecule has 2 aromatic carbocycles. The second kappa shape index (κ2) is 12.9. The van der Waals surface area contributed by atoms with Crippen LogP contribution in [-0.4, -0.2) is 53.6 Å². The first-order chi connectivity index (χ1) is 22.2. The van der Waals surface area contributed by atoms with Crippen molar-refractivity contribution in [2.45, 2.75) is 78.3 Å². The van der Waals surface area contributed by atoms with Crippen LogP contribution in [0.25, 0.3) is 0 Å². The molecule has 0 unspecified atom stereocenters. The molecule has 47 heavy (non-hydrogen) atoms. The first kappa shape index (κ1) is 33.8. The quantitative estimate of drug-likeness (QED) is 0.210. The zero-order chi connectivity index (χ0) is 34.3. The highest BCUT2D eigenvalue weighted by Gasteiger charge is 2.66. The number of hydrogen-bond donors (Lipinski definition) is 0. The Morgan fingerprint density at radius 3 is 1.91 bits per heavy atom. The number of allylic oxidation sites excluding steroid dienone is 1. The first-order valence-corrected chi connectivity index (χ1v) is 16.0. The monoisotopic (exact) mass is 642 g/mol. The van der Waals surface area contributed by atoms with Gasteiger partial charge in [0.1, 0.15) is 18.3 Å². The molecule has 8 atom stereocenters. The fourth-order valence-corrected chi connectivity index (χ4v) is 7.64. The third-order valence-electron chi connectivity index (χ3n) is 10.1. The normalized spacial score (nSPS) is 31.2. The second-order valence-electron chi connectivity index (χ2n) is 13.7. The van der Waals surface area contributed by atoms with Crippen LogP contribution in [0.5, 0.6) is 0 Å². The lowest BCUT2D eigenvalue weighted by atomic mass is 9.76. The third kappa shape index (κ3) is 6.53. The highest BCUT2D eigenvalue weighted by atomic mass is 16.6. The number of benzene rings is 2. The van der Waals surface area contributed by atoms with Gasteiger partial charge in [0, 0.05) is 25.8 Å². The molecule has 0 aromatic heterocycles. The lowest BCUT2D eigenvalue weighted by Crippen LogP contribution is -2.55. The molecule has 0 bridgehead atoms. The molecule has 0 heterocycles. The van der Waals surface area contributed by atoms with Crippen molar-refractivity contribution in [3.05, 3.63) is 95.6 Å². The van der Waals surface area contributed by atoms with Gasteiger partial charge in [-0.3, -0.25) is 14.4 Å². The number of rotatable bonds is 6. The van der Waals surface area contributed by atoms with E-state index in [4.69, 9.17) is 18.9 Å². The van der Waals surface area contributed by atoms with Gasteiger partial charge in [0.15, 0.2) is 5.60 Å². The minimum atomic E-state index is -1.89. The number of hydrogen-bond acceptors (Lipinski definition) is 9. The lowest BCUT2D eigenvalue weighted by molar-refractivity contribution is -0.179. The topological polar surface area (TPSA) is 122 Å². The maximum atomic E-state index is 14.7. The van der Waals surface area contributed by atoms with Crippen LogP contribution in [0.2, 0.25) is 0 Å². The van der Waals surface area contributed by atoms with E-state index in [9.17, 15) is 24.0 Å². The zero-order valence-electron chi connectivity index (χ0n) is 27.7. The van der Waals surface area contributed by atoms with E-state index in [0.29, 0.717) is 17.6 Å². The van der Waals surface area contributed by atoms with Gasteiger partial charge in [0.2, 0.25) is 5.78 Å². The predicted molar refractivity (Wildman–Crippen MR) is 172 cm³/mol. The number of ether oxygens (including phenoxy) is 4. The smallest absolute Gasteiger partial charge is 0.338 e. The van der Waals surface area contributed by atoms with Gasteiger partial charge in [0.25, 0.3) is 0 Å². The van der Waals surface area contributed by atoms with Crippen molar-refractivity contribution in [2.24, 2.45) is 29.1 Å². The summed E-state index contributed by atoms with van der Waals surface area (Å²) in [5, 5.41) is 0. The van der Waals surface area contributed by atoms with E-state index in [0.717, 1.165) is 0 Å². The van der Waals surface area contributed by atoms with Crippen LogP contribution >= 0.6 is 0 Å². The standard InChI is InChI=1S/C38H42O9/c1-21-18-28-29(37(28,6)7)19-30(45-35(42)26-14-10-8-11-15-26)23(3)33(44-24(4)39)31-32(46-36(43)27-16-12-9-13-17-27)22(2)20-38(31,34(21)41)47-25(5)40/h8-18,22,28-33H,3,19-20H2,1-2,4-7H3/t22-,28-,29-,30-,31-,32+,33+,38+/m1/s1. The van der Waals surface area contributed by atoms with Gasteiger partial charge in [-0.25, -0.2) is 9.59 Å². The SMILES string of the molecule is C=C1[C@H](OC(=O)c2ccccc2)C[C@@H]2[C@@H](C=C(C)C(=O)[C@]3(OC(C)=O)C[C@@H](C)[C@H](OC(=O)c4ccccc4)[C@@H]3[C@H]1OC(C)=O)C2(C)C. The molecule has 3 aliphatic rings.